The lowest BCUT2D eigenvalue weighted by atomic mass is 9.96. The third-order valence-corrected chi connectivity index (χ3v) is 4.72. The summed E-state index contributed by atoms with van der Waals surface area (Å²) in [5.41, 5.74) is 5.28. The summed E-state index contributed by atoms with van der Waals surface area (Å²) in [6.07, 6.45) is 2.31. The molecular weight excluding hydrogens is 336 g/mol. The van der Waals surface area contributed by atoms with Gasteiger partial charge in [0.15, 0.2) is 0 Å². The van der Waals surface area contributed by atoms with E-state index in [9.17, 15) is 4.79 Å². The molecule has 0 fully saturated rings. The molecule has 140 valence electrons. The number of hydrogen-bond acceptors (Lipinski definition) is 3. The van der Waals surface area contributed by atoms with E-state index in [-0.39, 0.29) is 6.09 Å². The summed E-state index contributed by atoms with van der Waals surface area (Å²) in [7, 11) is 0. The van der Waals surface area contributed by atoms with Crippen LogP contribution in [0.3, 0.4) is 0 Å². The maximum Gasteiger partial charge on any atom is 0.410 e. The van der Waals surface area contributed by atoms with E-state index in [1.54, 1.807) is 0 Å². The Bertz CT molecular complexity index is 857. The lowest BCUT2D eigenvalue weighted by molar-refractivity contribution is 0.0258. The van der Waals surface area contributed by atoms with Crippen LogP contribution >= 0.6 is 0 Å². The van der Waals surface area contributed by atoms with Crippen molar-refractivity contribution in [3.05, 3.63) is 70.3 Å². The zero-order chi connectivity index (χ0) is 19.4. The van der Waals surface area contributed by atoms with Gasteiger partial charge < -0.3 is 9.64 Å². The maximum atomic E-state index is 12.4. The Balaban J connectivity index is 1.68. The average Bonchev–Trinajstić information content (AvgIpc) is 2.83. The van der Waals surface area contributed by atoms with Crippen LogP contribution in [0.4, 0.5) is 4.79 Å². The number of fused-ring (bicyclic) bond motifs is 1. The van der Waals surface area contributed by atoms with Gasteiger partial charge in [-0.2, -0.15) is 5.26 Å². The monoisotopic (exact) mass is 362 g/mol. The molecule has 0 unspecified atom stereocenters. The third kappa shape index (κ3) is 5.10. The first kappa shape index (κ1) is 19.0. The molecule has 0 saturated heterocycles. The van der Waals surface area contributed by atoms with E-state index in [0.717, 1.165) is 19.3 Å². The Morgan fingerprint density at radius 3 is 2.30 bits per heavy atom. The van der Waals surface area contributed by atoms with Gasteiger partial charge in [-0.3, -0.25) is 0 Å². The third-order valence-electron chi connectivity index (χ3n) is 4.72. The number of amides is 1. The predicted molar refractivity (Wildman–Crippen MR) is 106 cm³/mol. The molecule has 2 aromatic carbocycles. The minimum absolute atomic E-state index is 0.229. The second-order valence-electron chi connectivity index (χ2n) is 8.06. The highest BCUT2D eigenvalue weighted by atomic mass is 16.6. The fourth-order valence-electron chi connectivity index (χ4n) is 3.33. The minimum atomic E-state index is -0.468. The van der Waals surface area contributed by atoms with Crippen molar-refractivity contribution < 1.29 is 9.53 Å². The van der Waals surface area contributed by atoms with E-state index in [0.29, 0.717) is 18.7 Å². The number of nitriles is 1. The largest absolute Gasteiger partial charge is 0.444 e. The zero-order valence-corrected chi connectivity index (χ0v) is 16.3. The van der Waals surface area contributed by atoms with E-state index < -0.39 is 5.60 Å². The van der Waals surface area contributed by atoms with E-state index in [2.05, 4.69) is 24.3 Å². The maximum absolute atomic E-state index is 12.4. The van der Waals surface area contributed by atoms with Gasteiger partial charge in [0.25, 0.3) is 0 Å². The molecule has 0 radical (unpaired) electrons. The van der Waals surface area contributed by atoms with Crippen LogP contribution in [-0.4, -0.2) is 29.7 Å². The summed E-state index contributed by atoms with van der Waals surface area (Å²) < 4.78 is 5.52. The average molecular weight is 362 g/mol. The molecule has 2 aromatic rings. The smallest absolute Gasteiger partial charge is 0.410 e. The lowest BCUT2D eigenvalue weighted by Gasteiger charge is -2.26. The summed E-state index contributed by atoms with van der Waals surface area (Å²) in [5, 5.41) is 8.91. The van der Waals surface area contributed by atoms with E-state index >= 15 is 0 Å². The summed E-state index contributed by atoms with van der Waals surface area (Å²) in [5.74, 6) is 0. The van der Waals surface area contributed by atoms with Gasteiger partial charge in [-0.1, -0.05) is 30.3 Å². The number of carbonyl (C=O) groups excluding carboxylic acids is 1. The van der Waals surface area contributed by atoms with Gasteiger partial charge >= 0.3 is 6.09 Å². The highest BCUT2D eigenvalue weighted by molar-refractivity contribution is 5.68. The number of hydrogen-bond donors (Lipinski definition) is 0. The predicted octanol–water partition coefficient (Wildman–Crippen LogP) is 4.48. The fraction of sp³-hybridized carbons (Fsp3) is 0.391. The van der Waals surface area contributed by atoms with Crippen molar-refractivity contribution in [3.8, 4) is 6.07 Å². The van der Waals surface area contributed by atoms with Crippen LogP contribution in [0.5, 0.6) is 0 Å². The van der Waals surface area contributed by atoms with Crippen molar-refractivity contribution in [1.82, 2.24) is 4.90 Å². The normalized spacial score (nSPS) is 14.1. The first-order valence-corrected chi connectivity index (χ1v) is 9.42. The molecule has 0 bridgehead atoms. The molecule has 3 rings (SSSR count). The van der Waals surface area contributed by atoms with Gasteiger partial charge in [-0.15, -0.1) is 0 Å². The van der Waals surface area contributed by atoms with Crippen LogP contribution in [0.25, 0.3) is 0 Å². The second kappa shape index (κ2) is 7.84. The van der Waals surface area contributed by atoms with Crippen molar-refractivity contribution in [2.45, 2.75) is 45.6 Å². The van der Waals surface area contributed by atoms with Gasteiger partial charge in [-0.25, -0.2) is 4.79 Å². The van der Waals surface area contributed by atoms with Crippen molar-refractivity contribution in [2.75, 3.05) is 13.1 Å². The minimum Gasteiger partial charge on any atom is -0.444 e. The summed E-state index contributed by atoms with van der Waals surface area (Å²) in [6.45, 7) is 7.06. The molecule has 0 atom stereocenters. The van der Waals surface area contributed by atoms with Gasteiger partial charge in [-0.05, 0) is 74.4 Å². The first-order valence-electron chi connectivity index (χ1n) is 9.42. The Morgan fingerprint density at radius 1 is 1.04 bits per heavy atom. The SMILES string of the molecule is CC(C)(C)OC(=O)N1CCc2ccc(Cc3ccc(C#N)cc3)cc2CC1. The quantitative estimate of drug-likeness (QED) is 0.791. The summed E-state index contributed by atoms with van der Waals surface area (Å²) in [6, 6.07) is 16.5. The van der Waals surface area contributed by atoms with Crippen molar-refractivity contribution in [3.63, 3.8) is 0 Å². The molecule has 4 heteroatoms. The molecular formula is C23H26N2O2. The number of nitrogens with zero attached hydrogens (tertiary/aromatic N) is 2. The zero-order valence-electron chi connectivity index (χ0n) is 16.3. The molecule has 27 heavy (non-hydrogen) atoms. The molecule has 0 spiro atoms. The second-order valence-corrected chi connectivity index (χ2v) is 8.06. The fourth-order valence-corrected chi connectivity index (χ4v) is 3.33. The highest BCUT2D eigenvalue weighted by Gasteiger charge is 2.24. The van der Waals surface area contributed by atoms with Crippen LogP contribution < -0.4 is 0 Å². The van der Waals surface area contributed by atoms with Crippen molar-refractivity contribution >= 4 is 6.09 Å². The molecule has 0 aliphatic carbocycles. The molecule has 0 aromatic heterocycles. The molecule has 0 N–H and O–H groups in total. The van der Waals surface area contributed by atoms with Gasteiger partial charge in [0.1, 0.15) is 5.60 Å². The van der Waals surface area contributed by atoms with Crippen LogP contribution in [0.2, 0.25) is 0 Å². The van der Waals surface area contributed by atoms with Crippen molar-refractivity contribution in [2.24, 2.45) is 0 Å². The number of benzene rings is 2. The van der Waals surface area contributed by atoms with E-state index in [1.807, 2.05) is 49.9 Å². The van der Waals surface area contributed by atoms with Crippen LogP contribution in [0.1, 0.15) is 48.6 Å². The number of ether oxygens (including phenoxy) is 1. The Hall–Kier alpha value is -2.80. The molecule has 1 heterocycles. The number of rotatable bonds is 2. The molecule has 1 aliphatic rings. The van der Waals surface area contributed by atoms with Gasteiger partial charge in [0.05, 0.1) is 11.6 Å². The Labute approximate surface area is 161 Å². The van der Waals surface area contributed by atoms with E-state index in [4.69, 9.17) is 10.00 Å². The summed E-state index contributed by atoms with van der Waals surface area (Å²) in [4.78, 5) is 14.2. The van der Waals surface area contributed by atoms with Crippen LogP contribution in [0.15, 0.2) is 42.5 Å². The Kier molecular flexibility index (Phi) is 5.51. The van der Waals surface area contributed by atoms with E-state index in [1.165, 1.54) is 22.3 Å². The topological polar surface area (TPSA) is 53.3 Å². The van der Waals surface area contributed by atoms with Crippen LogP contribution in [0, 0.1) is 11.3 Å². The van der Waals surface area contributed by atoms with Gasteiger partial charge in [0, 0.05) is 13.1 Å². The molecule has 4 nitrogen and oxygen atoms in total. The first-order chi connectivity index (χ1) is 12.8. The molecule has 1 amide bonds. The highest BCUT2D eigenvalue weighted by Crippen LogP contribution is 2.21. The number of carbonyl (C=O) groups is 1. The Morgan fingerprint density at radius 2 is 1.67 bits per heavy atom. The van der Waals surface area contributed by atoms with Gasteiger partial charge in [0.2, 0.25) is 0 Å². The molecule has 1 aliphatic heterocycles. The standard InChI is InChI=1S/C23H26N2O2/c1-23(2,3)27-22(26)25-12-10-20-9-8-19(15-21(20)11-13-25)14-17-4-6-18(16-24)7-5-17/h4-9,15H,10-14H2,1-3H3. The molecule has 0 saturated carbocycles. The van der Waals surface area contributed by atoms with Crippen molar-refractivity contribution in [1.29, 1.82) is 5.26 Å². The van der Waals surface area contributed by atoms with Crippen LogP contribution in [-0.2, 0) is 24.0 Å². The lowest BCUT2D eigenvalue weighted by Crippen LogP contribution is -2.38. The summed E-state index contributed by atoms with van der Waals surface area (Å²) >= 11 is 0.